The molecule has 0 amide bonds. The Bertz CT molecular complexity index is 493. The third-order valence-electron chi connectivity index (χ3n) is 2.28. The zero-order valence-electron chi connectivity index (χ0n) is 8.45. The molecule has 2 aromatic heterocycles. The van der Waals surface area contributed by atoms with Gasteiger partial charge < -0.3 is 4.57 Å². The Labute approximate surface area is 114 Å². The van der Waals surface area contributed by atoms with Crippen LogP contribution in [-0.2, 0) is 7.05 Å². The van der Waals surface area contributed by atoms with E-state index in [4.69, 9.17) is 5.84 Å². The molecular formula is C9H10Br2N4S. The summed E-state index contributed by atoms with van der Waals surface area (Å²) >= 11 is 8.60. The van der Waals surface area contributed by atoms with E-state index in [1.165, 1.54) is 0 Å². The van der Waals surface area contributed by atoms with E-state index >= 15 is 0 Å². The SMILES string of the molecule is Cn1ccnc1C(NN)c1cc(Br)sc1Br. The molecule has 0 saturated carbocycles. The van der Waals surface area contributed by atoms with E-state index in [0.717, 1.165) is 19.0 Å². The molecule has 4 nitrogen and oxygen atoms in total. The van der Waals surface area contributed by atoms with Gasteiger partial charge in [0, 0.05) is 25.0 Å². The number of imidazole rings is 1. The number of rotatable bonds is 3. The number of hydrogen-bond donors (Lipinski definition) is 2. The lowest BCUT2D eigenvalue weighted by Gasteiger charge is -2.15. The quantitative estimate of drug-likeness (QED) is 0.649. The topological polar surface area (TPSA) is 55.9 Å². The number of nitrogens with zero attached hydrogens (tertiary/aromatic N) is 2. The molecule has 0 bridgehead atoms. The third kappa shape index (κ3) is 2.23. The van der Waals surface area contributed by atoms with Crippen molar-refractivity contribution < 1.29 is 0 Å². The van der Waals surface area contributed by atoms with Crippen molar-refractivity contribution in [3.8, 4) is 0 Å². The minimum absolute atomic E-state index is 0.114. The summed E-state index contributed by atoms with van der Waals surface area (Å²) in [6.07, 6.45) is 3.66. The molecule has 0 radical (unpaired) electrons. The van der Waals surface area contributed by atoms with Gasteiger partial charge in [-0.25, -0.2) is 10.4 Å². The Morgan fingerprint density at radius 2 is 2.31 bits per heavy atom. The normalized spacial score (nSPS) is 13.0. The average Bonchev–Trinajstić information content (AvgIpc) is 2.77. The van der Waals surface area contributed by atoms with E-state index in [-0.39, 0.29) is 6.04 Å². The summed E-state index contributed by atoms with van der Waals surface area (Å²) in [6.45, 7) is 0. The first-order valence-corrected chi connectivity index (χ1v) is 6.91. The molecule has 86 valence electrons. The lowest BCUT2D eigenvalue weighted by molar-refractivity contribution is 0.580. The summed E-state index contributed by atoms with van der Waals surface area (Å²) in [5.41, 5.74) is 3.87. The lowest BCUT2D eigenvalue weighted by atomic mass is 10.1. The van der Waals surface area contributed by atoms with Gasteiger partial charge in [0.2, 0.25) is 0 Å². The summed E-state index contributed by atoms with van der Waals surface area (Å²) < 4.78 is 4.05. The van der Waals surface area contributed by atoms with E-state index in [2.05, 4.69) is 42.3 Å². The number of aryl methyl sites for hydroxylation is 1. The number of hydrazine groups is 1. The average molecular weight is 366 g/mol. The largest absolute Gasteiger partial charge is 0.336 e. The molecule has 16 heavy (non-hydrogen) atoms. The first-order valence-electron chi connectivity index (χ1n) is 4.51. The smallest absolute Gasteiger partial charge is 0.131 e. The molecule has 0 aromatic carbocycles. The number of halogens is 2. The lowest BCUT2D eigenvalue weighted by Crippen LogP contribution is -2.30. The second-order valence-corrected chi connectivity index (χ2v) is 7.02. The molecule has 2 heterocycles. The molecular weight excluding hydrogens is 356 g/mol. The van der Waals surface area contributed by atoms with Crippen molar-refractivity contribution in [1.29, 1.82) is 0 Å². The van der Waals surface area contributed by atoms with Crippen LogP contribution in [0.5, 0.6) is 0 Å². The minimum Gasteiger partial charge on any atom is -0.336 e. The number of aromatic nitrogens is 2. The zero-order chi connectivity index (χ0) is 11.7. The molecule has 2 rings (SSSR count). The van der Waals surface area contributed by atoms with Crippen LogP contribution in [0, 0.1) is 0 Å². The highest BCUT2D eigenvalue weighted by Gasteiger charge is 2.21. The molecule has 0 saturated heterocycles. The summed E-state index contributed by atoms with van der Waals surface area (Å²) in [7, 11) is 1.95. The van der Waals surface area contributed by atoms with Gasteiger partial charge in [-0.15, -0.1) is 11.3 Å². The summed E-state index contributed by atoms with van der Waals surface area (Å²) in [4.78, 5) is 4.30. The highest BCUT2D eigenvalue weighted by atomic mass is 79.9. The van der Waals surface area contributed by atoms with Gasteiger partial charge >= 0.3 is 0 Å². The van der Waals surface area contributed by atoms with Gasteiger partial charge in [0.1, 0.15) is 11.9 Å². The van der Waals surface area contributed by atoms with Gasteiger partial charge in [0.05, 0.1) is 7.57 Å². The van der Waals surface area contributed by atoms with Gasteiger partial charge in [-0.3, -0.25) is 5.84 Å². The number of hydrogen-bond acceptors (Lipinski definition) is 4. The predicted octanol–water partition coefficient (Wildman–Crippen LogP) is 2.56. The standard InChI is InChI=1S/C9H10Br2N4S/c1-15-3-2-13-9(15)7(14-12)5-4-6(10)16-8(5)11/h2-4,7,14H,12H2,1H3. The van der Waals surface area contributed by atoms with Crippen molar-refractivity contribution in [1.82, 2.24) is 15.0 Å². The fourth-order valence-corrected chi connectivity index (χ4v) is 4.41. The molecule has 7 heteroatoms. The highest BCUT2D eigenvalue weighted by molar-refractivity contribution is 9.12. The van der Waals surface area contributed by atoms with E-state index in [9.17, 15) is 0 Å². The van der Waals surface area contributed by atoms with Crippen molar-refractivity contribution in [3.05, 3.63) is 37.4 Å². The van der Waals surface area contributed by atoms with Crippen LogP contribution in [0.25, 0.3) is 0 Å². The van der Waals surface area contributed by atoms with Crippen LogP contribution >= 0.6 is 43.2 Å². The Balaban J connectivity index is 2.44. The Kier molecular flexibility index (Phi) is 3.81. The monoisotopic (exact) mass is 364 g/mol. The van der Waals surface area contributed by atoms with Gasteiger partial charge in [-0.2, -0.15) is 0 Å². The van der Waals surface area contributed by atoms with Crippen LogP contribution in [0.1, 0.15) is 17.4 Å². The molecule has 0 aliphatic rings. The van der Waals surface area contributed by atoms with Crippen LogP contribution in [0.4, 0.5) is 0 Å². The molecule has 0 aliphatic heterocycles. The van der Waals surface area contributed by atoms with Crippen molar-refractivity contribution in [2.24, 2.45) is 12.9 Å². The molecule has 0 spiro atoms. The van der Waals surface area contributed by atoms with Crippen LogP contribution in [0.15, 0.2) is 26.0 Å². The first-order chi connectivity index (χ1) is 7.63. The second kappa shape index (κ2) is 4.97. The maximum atomic E-state index is 5.61. The maximum absolute atomic E-state index is 5.61. The Morgan fingerprint density at radius 1 is 1.56 bits per heavy atom. The van der Waals surface area contributed by atoms with E-state index in [1.54, 1.807) is 17.5 Å². The summed E-state index contributed by atoms with van der Waals surface area (Å²) in [6, 6.07) is 1.92. The molecule has 1 unspecified atom stereocenters. The maximum Gasteiger partial charge on any atom is 0.131 e. The molecule has 0 aliphatic carbocycles. The van der Waals surface area contributed by atoms with Crippen LogP contribution in [0.3, 0.4) is 0 Å². The fourth-order valence-electron chi connectivity index (χ4n) is 1.51. The van der Waals surface area contributed by atoms with E-state index in [1.807, 2.05) is 23.9 Å². The van der Waals surface area contributed by atoms with Gasteiger partial charge in [0.15, 0.2) is 0 Å². The predicted molar refractivity (Wildman–Crippen MR) is 72.1 cm³/mol. The summed E-state index contributed by atoms with van der Waals surface area (Å²) in [5, 5.41) is 0. The van der Waals surface area contributed by atoms with E-state index in [0.29, 0.717) is 0 Å². The van der Waals surface area contributed by atoms with Gasteiger partial charge in [-0.05, 0) is 37.9 Å². The molecule has 2 aromatic rings. The molecule has 3 N–H and O–H groups in total. The highest BCUT2D eigenvalue weighted by Crippen LogP contribution is 2.37. The Morgan fingerprint density at radius 3 is 2.75 bits per heavy atom. The van der Waals surface area contributed by atoms with Crippen LogP contribution in [0.2, 0.25) is 0 Å². The number of nitrogens with one attached hydrogen (secondary N) is 1. The fraction of sp³-hybridized carbons (Fsp3) is 0.222. The minimum atomic E-state index is -0.114. The summed E-state index contributed by atoms with van der Waals surface area (Å²) in [5.74, 6) is 6.49. The van der Waals surface area contributed by atoms with Crippen molar-refractivity contribution in [3.63, 3.8) is 0 Å². The van der Waals surface area contributed by atoms with Crippen LogP contribution < -0.4 is 11.3 Å². The van der Waals surface area contributed by atoms with Crippen molar-refractivity contribution >= 4 is 43.2 Å². The molecule has 1 atom stereocenters. The van der Waals surface area contributed by atoms with Crippen molar-refractivity contribution in [2.45, 2.75) is 6.04 Å². The molecule has 0 fully saturated rings. The number of thiophene rings is 1. The third-order valence-corrected chi connectivity index (χ3v) is 4.66. The second-order valence-electron chi connectivity index (χ2n) is 3.28. The van der Waals surface area contributed by atoms with Crippen LogP contribution in [-0.4, -0.2) is 9.55 Å². The first kappa shape index (κ1) is 12.3. The van der Waals surface area contributed by atoms with E-state index < -0.39 is 0 Å². The van der Waals surface area contributed by atoms with Crippen molar-refractivity contribution in [2.75, 3.05) is 0 Å². The Hall–Kier alpha value is -0.210. The van der Waals surface area contributed by atoms with Gasteiger partial charge in [-0.1, -0.05) is 0 Å². The number of nitrogens with two attached hydrogens (primary N) is 1. The zero-order valence-corrected chi connectivity index (χ0v) is 12.4. The van der Waals surface area contributed by atoms with Gasteiger partial charge in [0.25, 0.3) is 0 Å².